The highest BCUT2D eigenvalue weighted by atomic mass is 35.5. The first-order valence-electron chi connectivity index (χ1n) is 12.2. The highest BCUT2D eigenvalue weighted by Gasteiger charge is 2.43. The number of benzene rings is 2. The average Bonchev–Trinajstić information content (AvgIpc) is 2.82. The minimum atomic E-state index is -2.88. The van der Waals surface area contributed by atoms with Gasteiger partial charge in [0.25, 0.3) is 0 Å². The molecular weight excluding hydrogens is 294 g/mol. The Morgan fingerprint density at radius 3 is 2.91 bits per heavy atom. The highest BCUT2D eigenvalue weighted by Crippen LogP contribution is 2.52. The van der Waals surface area contributed by atoms with Gasteiger partial charge in [-0.2, -0.15) is 0 Å². The predicted octanol–water partition coefficient (Wildman–Crippen LogP) is 4.96. The van der Waals surface area contributed by atoms with Gasteiger partial charge in [-0.15, -0.1) is 0 Å². The van der Waals surface area contributed by atoms with Crippen molar-refractivity contribution in [2.75, 3.05) is 13.5 Å². The molecule has 4 rings (SSSR count). The van der Waals surface area contributed by atoms with E-state index in [4.69, 9.17) is 28.7 Å². The average molecular weight is 325 g/mol. The molecule has 0 N–H and O–H groups in total. The number of fused-ring (bicyclic) bond motifs is 5. The monoisotopic (exact) mass is 324 g/mol. The van der Waals surface area contributed by atoms with Crippen molar-refractivity contribution in [1.29, 1.82) is 0 Å². The number of hydrogen-bond acceptors (Lipinski definition) is 2. The van der Waals surface area contributed by atoms with Crippen LogP contribution in [0.1, 0.15) is 50.5 Å². The predicted molar refractivity (Wildman–Crippen MR) is 90.3 cm³/mol. The molecule has 22 heavy (non-hydrogen) atoms. The Morgan fingerprint density at radius 2 is 2.09 bits per heavy atom. The largest absolute Gasteiger partial charge is 0.457 e. The van der Waals surface area contributed by atoms with Crippen LogP contribution in [0.4, 0.5) is 0 Å². The summed E-state index contributed by atoms with van der Waals surface area (Å²) in [5.41, 5.74) is -1.13. The lowest BCUT2D eigenvalue weighted by Crippen LogP contribution is -2.25. The topological polar surface area (TPSA) is 12.5 Å². The van der Waals surface area contributed by atoms with E-state index in [9.17, 15) is 2.74 Å². The number of halogens is 1. The highest BCUT2D eigenvalue weighted by molar-refractivity contribution is 6.30. The summed E-state index contributed by atoms with van der Waals surface area (Å²) in [6.45, 7) is -0.263. The van der Waals surface area contributed by atoms with E-state index in [-0.39, 0.29) is 5.56 Å². The van der Waals surface area contributed by atoms with Crippen molar-refractivity contribution in [3.05, 3.63) is 58.0 Å². The van der Waals surface area contributed by atoms with E-state index in [0.29, 0.717) is 0 Å². The summed E-state index contributed by atoms with van der Waals surface area (Å²) >= 11 is 6.11. The second kappa shape index (κ2) is 5.00. The van der Waals surface area contributed by atoms with E-state index in [1.807, 2.05) is 0 Å². The van der Waals surface area contributed by atoms with Crippen LogP contribution in [-0.4, -0.2) is 24.5 Å². The van der Waals surface area contributed by atoms with Gasteiger partial charge in [0.15, 0.2) is 0 Å². The molecule has 114 valence electrons. The lowest BCUT2D eigenvalue weighted by atomic mass is 9.81. The molecule has 2 nitrogen and oxygen atoms in total. The number of likely N-dealkylation sites (tertiary alicyclic amines) is 1. The zero-order valence-electron chi connectivity index (χ0n) is 23.2. The summed E-state index contributed by atoms with van der Waals surface area (Å²) in [6, 6.07) is -5.74. The van der Waals surface area contributed by atoms with Crippen molar-refractivity contribution in [3.8, 4) is 11.5 Å². The fraction of sp³-hybridized carbons (Fsp3) is 0.368. The minimum absolute atomic E-state index is 0.0140. The Morgan fingerprint density at radius 1 is 1.27 bits per heavy atom. The van der Waals surface area contributed by atoms with Crippen LogP contribution in [0.2, 0.25) is 5.02 Å². The number of likely N-dealkylation sites (N-methyl/N-ethyl adjacent to an activating group) is 1. The smallest absolute Gasteiger partial charge is 0.131 e. The molecule has 2 aromatic rings. The van der Waals surface area contributed by atoms with E-state index in [2.05, 4.69) is 0 Å². The third-order valence-electron chi connectivity index (χ3n) is 3.75. The second-order valence-electron chi connectivity index (χ2n) is 5.21. The summed E-state index contributed by atoms with van der Waals surface area (Å²) in [6.07, 6.45) is 0. The molecule has 0 radical (unpaired) electrons. The Hall–Kier alpha value is -1.51. The van der Waals surface area contributed by atoms with Crippen LogP contribution >= 0.6 is 11.6 Å². The van der Waals surface area contributed by atoms with E-state index >= 15 is 0 Å². The summed E-state index contributed by atoms with van der Waals surface area (Å²) in [7, 11) is 1.20. The van der Waals surface area contributed by atoms with Crippen LogP contribution in [0.15, 0.2) is 36.3 Å². The van der Waals surface area contributed by atoms with Gasteiger partial charge in [-0.3, -0.25) is 0 Å². The minimum Gasteiger partial charge on any atom is -0.457 e. The first-order valence-corrected chi connectivity index (χ1v) is 7.12. The molecular formula is C19H20ClNO. The molecule has 1 fully saturated rings. The zero-order chi connectivity index (χ0) is 25.2. The van der Waals surface area contributed by atoms with Crippen LogP contribution in [0, 0.1) is 6.92 Å². The van der Waals surface area contributed by atoms with Gasteiger partial charge in [-0.1, -0.05) is 23.7 Å². The maximum atomic E-state index is 9.51. The number of hydrogen-bond donors (Lipinski definition) is 0. The van der Waals surface area contributed by atoms with Crippen LogP contribution < -0.4 is 4.74 Å². The van der Waals surface area contributed by atoms with Gasteiger partial charge in [0.05, 0.1) is 8.22 Å². The lowest BCUT2D eigenvalue weighted by Gasteiger charge is -2.23. The van der Waals surface area contributed by atoms with Crippen molar-refractivity contribution in [1.82, 2.24) is 4.90 Å². The van der Waals surface area contributed by atoms with E-state index < -0.39 is 88.2 Å². The molecule has 2 aromatic carbocycles. The van der Waals surface area contributed by atoms with Crippen LogP contribution in [0.5, 0.6) is 11.5 Å². The summed E-state index contributed by atoms with van der Waals surface area (Å²) in [5, 5.41) is -0.547. The zero-order valence-corrected chi connectivity index (χ0v) is 13.0. The van der Waals surface area contributed by atoms with Gasteiger partial charge < -0.3 is 9.64 Å². The van der Waals surface area contributed by atoms with Crippen molar-refractivity contribution in [2.45, 2.75) is 31.7 Å². The van der Waals surface area contributed by atoms with Crippen molar-refractivity contribution in [2.24, 2.45) is 0 Å². The molecule has 0 amide bonds. The molecule has 2 aliphatic rings. The fourth-order valence-electron chi connectivity index (χ4n) is 2.60. The van der Waals surface area contributed by atoms with Crippen molar-refractivity contribution >= 4 is 11.6 Å². The van der Waals surface area contributed by atoms with Crippen LogP contribution in [-0.2, 0) is 0 Å². The molecule has 0 spiro atoms. The van der Waals surface area contributed by atoms with Gasteiger partial charge in [0, 0.05) is 47.3 Å². The van der Waals surface area contributed by atoms with E-state index in [1.54, 1.807) is 0 Å². The van der Waals surface area contributed by atoms with E-state index in [0.717, 1.165) is 4.90 Å². The Bertz CT molecular complexity index is 1160. The van der Waals surface area contributed by atoms with Gasteiger partial charge >= 0.3 is 0 Å². The standard InChI is InChI=1S/C19H20ClNO/c1-11-4-6-14-18(8-11)22-17-7-5-13(20)9-15(17)16-10-21(3)12(2)19(14)16/h4-9,12,16,19H,10H2,1-3H3/t12?,16-,19-/m0/s1/i4D,5D,6D,7D,8D,9D,10D2,12D,16D,19D. The van der Waals surface area contributed by atoms with Crippen molar-refractivity contribution in [3.63, 3.8) is 0 Å². The maximum absolute atomic E-state index is 9.51. The summed E-state index contributed by atoms with van der Waals surface area (Å²) in [5.74, 6) is -6.66. The normalized spacial score (nSPS) is 46.1. The third kappa shape index (κ3) is 2.05. The Balaban J connectivity index is 2.39. The quantitative estimate of drug-likeness (QED) is 0.679. The fourth-order valence-corrected chi connectivity index (χ4v) is 2.74. The van der Waals surface area contributed by atoms with Gasteiger partial charge in [-0.25, -0.2) is 0 Å². The number of ether oxygens (including phenoxy) is 1. The number of rotatable bonds is 0. The molecule has 0 bridgehead atoms. The molecule has 2 aliphatic heterocycles. The third-order valence-corrected chi connectivity index (χ3v) is 3.94. The van der Waals surface area contributed by atoms with Gasteiger partial charge in [0.2, 0.25) is 0 Å². The summed E-state index contributed by atoms with van der Waals surface area (Å²) < 4.78 is 102. The SMILES string of the molecule is [2H]c1c([2H])c2c(c([2H])c1C)Oc1c([2H])c([2H])c(Cl)c([2H])c1[C@]1([2H])C([2H])([2H])N(C)C([2H])(C)[C@@]21[2H]. The lowest BCUT2D eigenvalue weighted by molar-refractivity contribution is 0.315. The van der Waals surface area contributed by atoms with Gasteiger partial charge in [0.1, 0.15) is 11.5 Å². The van der Waals surface area contributed by atoms with Crippen LogP contribution in [0.3, 0.4) is 0 Å². The molecule has 1 unspecified atom stereocenters. The Kier molecular flexibility index (Phi) is 1.49. The molecule has 2 heterocycles. The molecule has 0 aromatic heterocycles. The van der Waals surface area contributed by atoms with Crippen LogP contribution in [0.25, 0.3) is 0 Å². The van der Waals surface area contributed by atoms with Gasteiger partial charge in [-0.05, 0) is 50.6 Å². The maximum Gasteiger partial charge on any atom is 0.131 e. The molecule has 1 saturated heterocycles. The molecule has 3 atom stereocenters. The molecule has 3 heteroatoms. The molecule has 0 saturated carbocycles. The summed E-state index contributed by atoms with van der Waals surface area (Å²) in [4.78, 5) is 0.830. The Labute approximate surface area is 152 Å². The van der Waals surface area contributed by atoms with E-state index in [1.165, 1.54) is 20.9 Å². The first kappa shape index (κ1) is 6.54. The second-order valence-corrected chi connectivity index (χ2v) is 5.58. The first-order chi connectivity index (χ1) is 14.9. The molecule has 0 aliphatic carbocycles. The number of nitrogens with zero attached hydrogens (tertiary/aromatic N) is 1. The van der Waals surface area contributed by atoms with Crippen molar-refractivity contribution < 1.29 is 19.8 Å².